The minimum atomic E-state index is 0.491. The first kappa shape index (κ1) is 12.9. The number of rotatable bonds is 6. The van der Waals surface area contributed by atoms with E-state index in [2.05, 4.69) is 34.6 Å². The number of hydrogen-bond acceptors (Lipinski definition) is 2. The van der Waals surface area contributed by atoms with Crippen LogP contribution in [0.3, 0.4) is 0 Å². The van der Waals surface area contributed by atoms with Crippen molar-refractivity contribution in [2.24, 2.45) is 5.41 Å². The lowest BCUT2D eigenvalue weighted by Gasteiger charge is -2.15. The molecule has 1 fully saturated rings. The van der Waals surface area contributed by atoms with Crippen LogP contribution >= 0.6 is 11.6 Å². The number of halogens is 1. The van der Waals surface area contributed by atoms with Crippen molar-refractivity contribution in [3.63, 3.8) is 0 Å². The van der Waals surface area contributed by atoms with Gasteiger partial charge in [-0.05, 0) is 42.4 Å². The molecule has 1 saturated carbocycles. The van der Waals surface area contributed by atoms with Crippen LogP contribution in [0.2, 0.25) is 0 Å². The highest BCUT2D eigenvalue weighted by molar-refractivity contribution is 6.17. The Morgan fingerprint density at radius 2 is 2.05 bits per heavy atom. The molecule has 0 aliphatic heterocycles. The third-order valence-corrected chi connectivity index (χ3v) is 4.33. The number of fused-ring (bicyclic) bond motifs is 1. The van der Waals surface area contributed by atoms with E-state index in [4.69, 9.17) is 11.6 Å². The molecule has 3 heteroatoms. The smallest absolute Gasteiger partial charge is 0.0705 e. The molecule has 0 spiro atoms. The van der Waals surface area contributed by atoms with Gasteiger partial charge in [0.2, 0.25) is 0 Å². The summed E-state index contributed by atoms with van der Waals surface area (Å²) in [4.78, 5) is 4.40. The Bertz CT molecular complexity index is 558. The second-order valence-electron chi connectivity index (χ2n) is 5.53. The van der Waals surface area contributed by atoms with Gasteiger partial charge in [0.05, 0.1) is 5.52 Å². The van der Waals surface area contributed by atoms with E-state index >= 15 is 0 Å². The van der Waals surface area contributed by atoms with Crippen molar-refractivity contribution in [2.45, 2.75) is 25.8 Å². The van der Waals surface area contributed by atoms with Gasteiger partial charge in [-0.3, -0.25) is 4.98 Å². The normalized spacial score (nSPS) is 16.7. The second-order valence-corrected chi connectivity index (χ2v) is 5.91. The third-order valence-electron chi connectivity index (χ3n) is 4.14. The maximum absolute atomic E-state index is 5.86. The molecular formula is C16H19ClN2. The summed E-state index contributed by atoms with van der Waals surface area (Å²) in [5.74, 6) is 0.778. The standard InChI is InChI=1S/C16H19ClN2/c17-9-8-16(6-7-16)12-18-11-13-5-10-19-15-4-2-1-3-14(13)15/h1-5,10,18H,6-9,11-12H2. The van der Waals surface area contributed by atoms with Crippen LogP contribution in [0.25, 0.3) is 10.9 Å². The molecule has 1 aliphatic carbocycles. The molecule has 1 N–H and O–H groups in total. The lowest BCUT2D eigenvalue weighted by molar-refractivity contribution is 0.446. The number of hydrogen-bond donors (Lipinski definition) is 1. The van der Waals surface area contributed by atoms with Crippen LogP contribution in [0.4, 0.5) is 0 Å². The number of alkyl halides is 1. The highest BCUT2D eigenvalue weighted by atomic mass is 35.5. The fourth-order valence-electron chi connectivity index (χ4n) is 2.66. The lowest BCUT2D eigenvalue weighted by atomic mass is 10.0. The number of nitrogens with one attached hydrogen (secondary N) is 1. The van der Waals surface area contributed by atoms with Crippen molar-refractivity contribution in [3.8, 4) is 0 Å². The number of benzene rings is 1. The molecule has 0 radical (unpaired) electrons. The van der Waals surface area contributed by atoms with Gasteiger partial charge in [-0.25, -0.2) is 0 Å². The summed E-state index contributed by atoms with van der Waals surface area (Å²) >= 11 is 5.86. The summed E-state index contributed by atoms with van der Waals surface area (Å²) in [5.41, 5.74) is 2.89. The van der Waals surface area contributed by atoms with E-state index in [-0.39, 0.29) is 0 Å². The Balaban J connectivity index is 1.66. The largest absolute Gasteiger partial charge is 0.312 e. The van der Waals surface area contributed by atoms with Crippen LogP contribution in [0.5, 0.6) is 0 Å². The van der Waals surface area contributed by atoms with Crippen LogP contribution in [0.15, 0.2) is 36.5 Å². The molecule has 3 rings (SSSR count). The molecule has 2 nitrogen and oxygen atoms in total. The molecule has 0 unspecified atom stereocenters. The van der Waals surface area contributed by atoms with E-state index in [1.807, 2.05) is 12.3 Å². The fourth-order valence-corrected chi connectivity index (χ4v) is 3.06. The highest BCUT2D eigenvalue weighted by Gasteiger charge is 2.41. The quantitative estimate of drug-likeness (QED) is 0.812. The van der Waals surface area contributed by atoms with Crippen LogP contribution in [0, 0.1) is 5.41 Å². The van der Waals surface area contributed by atoms with Crippen LogP contribution in [-0.2, 0) is 6.54 Å². The van der Waals surface area contributed by atoms with Gasteiger partial charge < -0.3 is 5.32 Å². The van der Waals surface area contributed by atoms with Gasteiger partial charge in [-0.1, -0.05) is 18.2 Å². The molecule has 2 aromatic rings. The molecule has 19 heavy (non-hydrogen) atoms. The summed E-state index contributed by atoms with van der Waals surface area (Å²) in [6, 6.07) is 10.4. The van der Waals surface area contributed by atoms with Crippen LogP contribution in [-0.4, -0.2) is 17.4 Å². The molecule has 1 heterocycles. The topological polar surface area (TPSA) is 24.9 Å². The van der Waals surface area contributed by atoms with E-state index in [0.717, 1.165) is 30.9 Å². The third kappa shape index (κ3) is 2.90. The molecular weight excluding hydrogens is 256 g/mol. The zero-order valence-electron chi connectivity index (χ0n) is 11.0. The van der Waals surface area contributed by atoms with Crippen molar-refractivity contribution >= 4 is 22.5 Å². The van der Waals surface area contributed by atoms with Crippen LogP contribution in [0.1, 0.15) is 24.8 Å². The number of aromatic nitrogens is 1. The van der Waals surface area contributed by atoms with Gasteiger partial charge in [0.25, 0.3) is 0 Å². The summed E-state index contributed by atoms with van der Waals surface area (Å²) < 4.78 is 0. The Morgan fingerprint density at radius 3 is 2.84 bits per heavy atom. The van der Waals surface area contributed by atoms with Crippen LogP contribution < -0.4 is 5.32 Å². The van der Waals surface area contributed by atoms with E-state index in [9.17, 15) is 0 Å². The average molecular weight is 275 g/mol. The molecule has 0 bridgehead atoms. The number of nitrogens with zero attached hydrogens (tertiary/aromatic N) is 1. The van der Waals surface area contributed by atoms with Crippen molar-refractivity contribution in [2.75, 3.05) is 12.4 Å². The Kier molecular flexibility index (Phi) is 3.72. The maximum Gasteiger partial charge on any atom is 0.0705 e. The van der Waals surface area contributed by atoms with E-state index in [1.54, 1.807) is 0 Å². The molecule has 100 valence electrons. The molecule has 1 aromatic heterocycles. The summed E-state index contributed by atoms with van der Waals surface area (Å²) in [7, 11) is 0. The molecule has 0 amide bonds. The van der Waals surface area contributed by atoms with Gasteiger partial charge in [-0.2, -0.15) is 0 Å². The van der Waals surface area contributed by atoms with Gasteiger partial charge in [0, 0.05) is 30.6 Å². The van der Waals surface area contributed by atoms with Gasteiger partial charge >= 0.3 is 0 Å². The Labute approximate surface area is 119 Å². The summed E-state index contributed by atoms with van der Waals surface area (Å²) in [6.07, 6.45) is 5.68. The van der Waals surface area contributed by atoms with E-state index in [1.165, 1.54) is 23.8 Å². The minimum absolute atomic E-state index is 0.491. The van der Waals surface area contributed by atoms with Crippen molar-refractivity contribution in [1.82, 2.24) is 10.3 Å². The molecule has 1 aromatic carbocycles. The van der Waals surface area contributed by atoms with Crippen molar-refractivity contribution in [3.05, 3.63) is 42.1 Å². The minimum Gasteiger partial charge on any atom is -0.312 e. The van der Waals surface area contributed by atoms with E-state index < -0.39 is 0 Å². The predicted molar refractivity (Wildman–Crippen MR) is 80.5 cm³/mol. The SMILES string of the molecule is ClCCC1(CNCc2ccnc3ccccc23)CC1. The predicted octanol–water partition coefficient (Wildman–Crippen LogP) is 3.73. The zero-order chi connectivity index (χ0) is 13.1. The highest BCUT2D eigenvalue weighted by Crippen LogP contribution is 2.48. The zero-order valence-corrected chi connectivity index (χ0v) is 11.8. The lowest BCUT2D eigenvalue weighted by Crippen LogP contribution is -2.24. The molecule has 0 atom stereocenters. The summed E-state index contributed by atoms with van der Waals surface area (Å²) in [5, 5.41) is 4.84. The Hall–Kier alpha value is -1.12. The summed E-state index contributed by atoms with van der Waals surface area (Å²) in [6.45, 7) is 1.99. The number of pyridine rings is 1. The maximum atomic E-state index is 5.86. The van der Waals surface area contributed by atoms with Gasteiger partial charge in [0.1, 0.15) is 0 Å². The Morgan fingerprint density at radius 1 is 1.21 bits per heavy atom. The molecule has 0 saturated heterocycles. The fraction of sp³-hybridized carbons (Fsp3) is 0.438. The number of para-hydroxylation sites is 1. The van der Waals surface area contributed by atoms with E-state index in [0.29, 0.717) is 5.41 Å². The average Bonchev–Trinajstić information content (AvgIpc) is 3.19. The van der Waals surface area contributed by atoms with Gasteiger partial charge in [-0.15, -0.1) is 11.6 Å². The van der Waals surface area contributed by atoms with Crippen molar-refractivity contribution in [1.29, 1.82) is 0 Å². The first-order valence-corrected chi connectivity index (χ1v) is 7.46. The van der Waals surface area contributed by atoms with Crippen molar-refractivity contribution < 1.29 is 0 Å². The molecule has 1 aliphatic rings. The second kappa shape index (κ2) is 5.48. The first-order chi connectivity index (χ1) is 9.33. The van der Waals surface area contributed by atoms with Gasteiger partial charge in [0.15, 0.2) is 0 Å². The first-order valence-electron chi connectivity index (χ1n) is 6.92. The monoisotopic (exact) mass is 274 g/mol.